The summed E-state index contributed by atoms with van der Waals surface area (Å²) < 4.78 is 1.78. The monoisotopic (exact) mass is 364 g/mol. The predicted molar refractivity (Wildman–Crippen MR) is 88.6 cm³/mol. The van der Waals surface area contributed by atoms with E-state index in [1.807, 2.05) is 12.1 Å². The van der Waals surface area contributed by atoms with Gasteiger partial charge < -0.3 is 11.2 Å². The molecule has 0 saturated carbocycles. The molecule has 2 aromatic carbocycles. The van der Waals surface area contributed by atoms with Crippen molar-refractivity contribution in [3.05, 3.63) is 62.3 Å². The second-order valence-corrected chi connectivity index (χ2v) is 5.76. The van der Waals surface area contributed by atoms with Gasteiger partial charge in [0, 0.05) is 15.2 Å². The van der Waals surface area contributed by atoms with Gasteiger partial charge in [-0.2, -0.15) is 4.68 Å². The van der Waals surface area contributed by atoms with Crippen molar-refractivity contribution in [3.8, 4) is 0 Å². The van der Waals surface area contributed by atoms with Crippen LogP contribution in [0.15, 0.2) is 51.7 Å². The molecule has 0 aliphatic carbocycles. The lowest BCUT2D eigenvalue weighted by Crippen LogP contribution is -2.30. The highest BCUT2D eigenvalue weighted by molar-refractivity contribution is 9.10. The fourth-order valence-electron chi connectivity index (χ4n) is 1.95. The fourth-order valence-corrected chi connectivity index (χ4v) is 2.51. The zero-order chi connectivity index (χ0) is 15.0. The van der Waals surface area contributed by atoms with Crippen molar-refractivity contribution in [2.45, 2.75) is 0 Å². The summed E-state index contributed by atoms with van der Waals surface area (Å²) in [4.78, 5) is 16.6. The Balaban J connectivity index is 2.13. The number of nitrogen functional groups attached to an aromatic ring is 1. The molecule has 0 bridgehead atoms. The minimum Gasteiger partial charge on any atom is -0.333 e. The molecule has 21 heavy (non-hydrogen) atoms. The van der Waals surface area contributed by atoms with Crippen LogP contribution in [0.1, 0.15) is 0 Å². The third-order valence-corrected chi connectivity index (χ3v) is 3.67. The molecule has 106 valence electrons. The van der Waals surface area contributed by atoms with Crippen molar-refractivity contribution in [1.29, 1.82) is 0 Å². The second kappa shape index (κ2) is 5.38. The number of halogens is 2. The molecule has 0 radical (unpaired) electrons. The minimum absolute atomic E-state index is 0.247. The zero-order valence-corrected chi connectivity index (χ0v) is 13.0. The van der Waals surface area contributed by atoms with Crippen molar-refractivity contribution in [3.63, 3.8) is 0 Å². The van der Waals surface area contributed by atoms with Gasteiger partial charge in [-0.1, -0.05) is 33.6 Å². The molecule has 7 heteroatoms. The van der Waals surface area contributed by atoms with E-state index in [0.29, 0.717) is 21.6 Å². The van der Waals surface area contributed by atoms with E-state index in [-0.39, 0.29) is 11.5 Å². The van der Waals surface area contributed by atoms with E-state index in [1.54, 1.807) is 30.3 Å². The molecule has 0 amide bonds. The number of nitrogens with zero attached hydrogens (tertiary/aromatic N) is 2. The first kappa shape index (κ1) is 13.9. The van der Waals surface area contributed by atoms with Gasteiger partial charge in [0.25, 0.3) is 5.56 Å². The highest BCUT2D eigenvalue weighted by Crippen LogP contribution is 2.20. The van der Waals surface area contributed by atoms with E-state index in [9.17, 15) is 4.79 Å². The van der Waals surface area contributed by atoms with Crippen LogP contribution in [0.25, 0.3) is 10.9 Å². The third kappa shape index (κ3) is 2.72. The number of fused-ring (bicyclic) bond motifs is 1. The summed E-state index contributed by atoms with van der Waals surface area (Å²) in [6.45, 7) is 0. The second-order valence-electron chi connectivity index (χ2n) is 4.41. The molecule has 1 heterocycles. The Kier molecular flexibility index (Phi) is 3.57. The summed E-state index contributed by atoms with van der Waals surface area (Å²) in [5.41, 5.74) is 0.935. The highest BCUT2D eigenvalue weighted by Gasteiger charge is 2.09. The smallest absolute Gasteiger partial charge is 0.281 e. The van der Waals surface area contributed by atoms with Crippen LogP contribution >= 0.6 is 27.5 Å². The molecule has 1 aromatic heterocycles. The molecule has 0 spiro atoms. The molecule has 0 aliphatic rings. The van der Waals surface area contributed by atoms with Crippen LogP contribution in [0.3, 0.4) is 0 Å². The molecular formula is C14H10BrClN4O. The van der Waals surface area contributed by atoms with E-state index in [4.69, 9.17) is 17.4 Å². The predicted octanol–water partition coefficient (Wildman–Crippen LogP) is 3.27. The van der Waals surface area contributed by atoms with Crippen LogP contribution < -0.4 is 16.7 Å². The van der Waals surface area contributed by atoms with Gasteiger partial charge in [0.15, 0.2) is 0 Å². The first-order valence-corrected chi connectivity index (χ1v) is 7.22. The summed E-state index contributed by atoms with van der Waals surface area (Å²) in [5.74, 6) is 6.06. The van der Waals surface area contributed by atoms with Gasteiger partial charge in [-0.05, 0) is 36.4 Å². The SMILES string of the molecule is Nn1c(Nc2cccc(Cl)c2)nc2ccc(Br)cc2c1=O. The number of aromatic nitrogens is 2. The number of nitrogens with two attached hydrogens (primary N) is 1. The maximum absolute atomic E-state index is 12.3. The number of benzene rings is 2. The van der Waals surface area contributed by atoms with Crippen LogP contribution in [-0.4, -0.2) is 9.66 Å². The van der Waals surface area contributed by atoms with Crippen LogP contribution in [0.2, 0.25) is 5.02 Å². The molecule has 0 fully saturated rings. The number of nitrogens with one attached hydrogen (secondary N) is 1. The van der Waals surface area contributed by atoms with E-state index < -0.39 is 0 Å². The maximum atomic E-state index is 12.3. The Hall–Kier alpha value is -2.05. The third-order valence-electron chi connectivity index (χ3n) is 2.94. The van der Waals surface area contributed by atoms with Crippen LogP contribution in [0.5, 0.6) is 0 Å². The van der Waals surface area contributed by atoms with E-state index in [2.05, 4.69) is 26.2 Å². The Morgan fingerprint density at radius 1 is 1.24 bits per heavy atom. The Morgan fingerprint density at radius 3 is 2.81 bits per heavy atom. The standard InChI is InChI=1S/C14H10BrClN4O/c15-8-4-5-12-11(6-8)13(21)20(17)14(19-12)18-10-3-1-2-9(16)7-10/h1-7H,17H2,(H,18,19). The van der Waals surface area contributed by atoms with Crippen molar-refractivity contribution in [1.82, 2.24) is 9.66 Å². The van der Waals surface area contributed by atoms with E-state index >= 15 is 0 Å². The molecule has 0 atom stereocenters. The summed E-state index contributed by atoms with van der Waals surface area (Å²) in [5, 5.41) is 4.02. The van der Waals surface area contributed by atoms with Crippen LogP contribution in [0, 0.1) is 0 Å². The average molecular weight is 366 g/mol. The molecule has 3 aromatic rings. The summed E-state index contributed by atoms with van der Waals surface area (Å²) in [6.07, 6.45) is 0. The lowest BCUT2D eigenvalue weighted by molar-refractivity contribution is 0.926. The molecule has 0 saturated heterocycles. The van der Waals surface area contributed by atoms with Crippen LogP contribution in [0.4, 0.5) is 11.6 Å². The van der Waals surface area contributed by atoms with Crippen molar-refractivity contribution < 1.29 is 0 Å². The Labute approximate surface area is 133 Å². The van der Waals surface area contributed by atoms with Gasteiger partial charge in [0.1, 0.15) is 0 Å². The number of anilines is 2. The number of hydrogen-bond donors (Lipinski definition) is 2. The van der Waals surface area contributed by atoms with Crippen molar-refractivity contribution in [2.24, 2.45) is 0 Å². The summed E-state index contributed by atoms with van der Waals surface area (Å²) in [7, 11) is 0. The van der Waals surface area contributed by atoms with Crippen molar-refractivity contribution >= 4 is 50.1 Å². The topological polar surface area (TPSA) is 72.9 Å². The number of hydrogen-bond acceptors (Lipinski definition) is 4. The van der Waals surface area contributed by atoms with Gasteiger partial charge in [0.05, 0.1) is 10.9 Å². The highest BCUT2D eigenvalue weighted by atomic mass is 79.9. The average Bonchev–Trinajstić information content (AvgIpc) is 2.45. The van der Waals surface area contributed by atoms with Gasteiger partial charge in [-0.15, -0.1) is 0 Å². The number of rotatable bonds is 2. The van der Waals surface area contributed by atoms with Gasteiger partial charge >= 0.3 is 0 Å². The van der Waals surface area contributed by atoms with Crippen molar-refractivity contribution in [2.75, 3.05) is 11.2 Å². The first-order valence-electron chi connectivity index (χ1n) is 6.04. The molecule has 3 rings (SSSR count). The largest absolute Gasteiger partial charge is 0.333 e. The molecule has 0 unspecified atom stereocenters. The van der Waals surface area contributed by atoms with Gasteiger partial charge in [-0.3, -0.25) is 4.79 Å². The first-order chi connectivity index (χ1) is 10.0. The quantitative estimate of drug-likeness (QED) is 0.684. The van der Waals surface area contributed by atoms with Gasteiger partial charge in [-0.25, -0.2) is 4.98 Å². The van der Waals surface area contributed by atoms with Gasteiger partial charge in [0.2, 0.25) is 5.95 Å². The lowest BCUT2D eigenvalue weighted by Gasteiger charge is -2.11. The van der Waals surface area contributed by atoms with E-state index in [1.165, 1.54) is 0 Å². The minimum atomic E-state index is -0.328. The van der Waals surface area contributed by atoms with Crippen LogP contribution in [-0.2, 0) is 0 Å². The zero-order valence-electron chi connectivity index (χ0n) is 10.7. The Morgan fingerprint density at radius 2 is 2.05 bits per heavy atom. The van der Waals surface area contributed by atoms with E-state index in [0.717, 1.165) is 9.15 Å². The molecule has 0 aliphatic heterocycles. The summed E-state index contributed by atoms with van der Waals surface area (Å²) in [6, 6.07) is 12.3. The molecule has 3 N–H and O–H groups in total. The maximum Gasteiger partial charge on any atom is 0.281 e. The Bertz CT molecular complexity index is 894. The molecular weight excluding hydrogens is 356 g/mol. The molecule has 5 nitrogen and oxygen atoms in total. The fraction of sp³-hybridized carbons (Fsp3) is 0. The lowest BCUT2D eigenvalue weighted by atomic mass is 10.2. The normalized spacial score (nSPS) is 10.8. The summed E-state index contributed by atoms with van der Waals surface area (Å²) >= 11 is 9.25.